The molecular formula is C14H13ClN2O. The van der Waals surface area contributed by atoms with Crippen LogP contribution in [0.25, 0.3) is 0 Å². The number of halogens is 1. The lowest BCUT2D eigenvalue weighted by Crippen LogP contribution is -2.11. The zero-order chi connectivity index (χ0) is 13.0. The lowest BCUT2D eigenvalue weighted by atomic mass is 10.1. The van der Waals surface area contributed by atoms with Gasteiger partial charge in [-0.25, -0.2) is 4.98 Å². The van der Waals surface area contributed by atoms with Gasteiger partial charge in [0, 0.05) is 17.4 Å². The fourth-order valence-corrected chi connectivity index (χ4v) is 1.75. The first-order chi connectivity index (χ1) is 8.69. The maximum absolute atomic E-state index is 12.0. The normalized spacial score (nSPS) is 10.1. The second-order valence-electron chi connectivity index (χ2n) is 3.87. The van der Waals surface area contributed by atoms with E-state index in [-0.39, 0.29) is 5.91 Å². The van der Waals surface area contributed by atoms with Crippen LogP contribution in [0, 0.1) is 0 Å². The van der Waals surface area contributed by atoms with Crippen LogP contribution in [0.5, 0.6) is 0 Å². The van der Waals surface area contributed by atoms with E-state index in [0.29, 0.717) is 16.4 Å². The van der Waals surface area contributed by atoms with Crippen molar-refractivity contribution < 1.29 is 4.79 Å². The number of rotatable bonds is 3. The molecule has 92 valence electrons. The van der Waals surface area contributed by atoms with Crippen molar-refractivity contribution in [3.8, 4) is 0 Å². The number of aryl methyl sites for hydroxylation is 1. The molecule has 1 amide bonds. The maximum Gasteiger partial charge on any atom is 0.255 e. The molecular weight excluding hydrogens is 248 g/mol. The Morgan fingerprint density at radius 3 is 2.61 bits per heavy atom. The maximum atomic E-state index is 12.0. The van der Waals surface area contributed by atoms with Crippen LogP contribution in [-0.2, 0) is 6.42 Å². The number of carbonyl (C=O) groups excluding carboxylic acids is 1. The smallest absolute Gasteiger partial charge is 0.255 e. The highest BCUT2D eigenvalue weighted by Crippen LogP contribution is 2.13. The van der Waals surface area contributed by atoms with Crippen molar-refractivity contribution in [2.75, 3.05) is 5.32 Å². The monoisotopic (exact) mass is 260 g/mol. The highest BCUT2D eigenvalue weighted by molar-refractivity contribution is 6.29. The van der Waals surface area contributed by atoms with Gasteiger partial charge in [0.25, 0.3) is 5.91 Å². The Morgan fingerprint density at radius 1 is 1.28 bits per heavy atom. The van der Waals surface area contributed by atoms with Crippen molar-refractivity contribution in [3.63, 3.8) is 0 Å². The standard InChI is InChI=1S/C14H13ClN2O/c1-2-10-3-5-11(6-4-10)14(18)17-12-7-8-16-13(15)9-12/h3-9H,2H2,1H3,(H,16,17,18). The molecule has 0 spiro atoms. The Balaban J connectivity index is 2.11. The summed E-state index contributed by atoms with van der Waals surface area (Å²) < 4.78 is 0. The number of carbonyl (C=O) groups is 1. The minimum Gasteiger partial charge on any atom is -0.322 e. The molecule has 0 saturated carbocycles. The minimum absolute atomic E-state index is 0.153. The summed E-state index contributed by atoms with van der Waals surface area (Å²) in [6, 6.07) is 10.8. The Morgan fingerprint density at radius 2 is 2.00 bits per heavy atom. The predicted octanol–water partition coefficient (Wildman–Crippen LogP) is 3.55. The topological polar surface area (TPSA) is 42.0 Å². The van der Waals surface area contributed by atoms with Crippen LogP contribution in [0.2, 0.25) is 5.15 Å². The molecule has 1 heterocycles. The fraction of sp³-hybridized carbons (Fsp3) is 0.143. The number of nitrogens with one attached hydrogen (secondary N) is 1. The molecule has 1 aromatic carbocycles. The molecule has 1 aromatic heterocycles. The van der Waals surface area contributed by atoms with Crippen LogP contribution in [0.15, 0.2) is 42.6 Å². The minimum atomic E-state index is -0.153. The van der Waals surface area contributed by atoms with Crippen molar-refractivity contribution in [2.45, 2.75) is 13.3 Å². The molecule has 0 atom stereocenters. The third kappa shape index (κ3) is 3.08. The molecule has 0 unspecified atom stereocenters. The van der Waals surface area contributed by atoms with Gasteiger partial charge in [-0.1, -0.05) is 30.7 Å². The lowest BCUT2D eigenvalue weighted by Gasteiger charge is -2.05. The summed E-state index contributed by atoms with van der Waals surface area (Å²) in [4.78, 5) is 15.8. The summed E-state index contributed by atoms with van der Waals surface area (Å²) in [6.45, 7) is 2.08. The van der Waals surface area contributed by atoms with Crippen LogP contribution in [-0.4, -0.2) is 10.9 Å². The van der Waals surface area contributed by atoms with E-state index >= 15 is 0 Å². The van der Waals surface area contributed by atoms with Gasteiger partial charge in [0.2, 0.25) is 0 Å². The highest BCUT2D eigenvalue weighted by Gasteiger charge is 2.06. The van der Waals surface area contributed by atoms with Crippen molar-refractivity contribution in [1.82, 2.24) is 4.98 Å². The molecule has 3 nitrogen and oxygen atoms in total. The second-order valence-corrected chi connectivity index (χ2v) is 4.26. The van der Waals surface area contributed by atoms with Gasteiger partial charge in [-0.3, -0.25) is 4.79 Å². The molecule has 4 heteroatoms. The number of hydrogen-bond acceptors (Lipinski definition) is 2. The predicted molar refractivity (Wildman–Crippen MR) is 73.0 cm³/mol. The summed E-state index contributed by atoms with van der Waals surface area (Å²) in [5, 5.41) is 3.13. The average molecular weight is 261 g/mol. The van der Waals surface area contributed by atoms with Crippen LogP contribution in [0.3, 0.4) is 0 Å². The van der Waals surface area contributed by atoms with Crippen molar-refractivity contribution in [1.29, 1.82) is 0 Å². The van der Waals surface area contributed by atoms with Gasteiger partial charge in [0.15, 0.2) is 0 Å². The molecule has 1 N–H and O–H groups in total. The summed E-state index contributed by atoms with van der Waals surface area (Å²) in [6.07, 6.45) is 2.51. The summed E-state index contributed by atoms with van der Waals surface area (Å²) in [5.41, 5.74) is 2.47. The van der Waals surface area contributed by atoms with E-state index in [9.17, 15) is 4.79 Å². The Labute approximate surface area is 111 Å². The quantitative estimate of drug-likeness (QED) is 0.858. The molecule has 18 heavy (non-hydrogen) atoms. The average Bonchev–Trinajstić information content (AvgIpc) is 2.39. The van der Waals surface area contributed by atoms with E-state index in [1.54, 1.807) is 18.3 Å². The van der Waals surface area contributed by atoms with Gasteiger partial charge in [-0.15, -0.1) is 0 Å². The largest absolute Gasteiger partial charge is 0.322 e. The fourth-order valence-electron chi connectivity index (χ4n) is 1.58. The molecule has 0 aliphatic carbocycles. The van der Waals surface area contributed by atoms with Crippen LogP contribution in [0.1, 0.15) is 22.8 Å². The molecule has 0 aliphatic heterocycles. The first-order valence-corrected chi connectivity index (χ1v) is 6.08. The Hall–Kier alpha value is -1.87. The van der Waals surface area contributed by atoms with Gasteiger partial charge in [0.1, 0.15) is 5.15 Å². The van der Waals surface area contributed by atoms with Crippen molar-refractivity contribution >= 4 is 23.2 Å². The summed E-state index contributed by atoms with van der Waals surface area (Å²) in [5.74, 6) is -0.153. The zero-order valence-corrected chi connectivity index (χ0v) is 10.7. The first-order valence-electron chi connectivity index (χ1n) is 5.71. The summed E-state index contributed by atoms with van der Waals surface area (Å²) >= 11 is 5.75. The van der Waals surface area contributed by atoms with E-state index in [4.69, 9.17) is 11.6 Å². The van der Waals surface area contributed by atoms with Gasteiger partial charge in [0.05, 0.1) is 0 Å². The Bertz CT molecular complexity index is 552. The molecule has 0 bridgehead atoms. The molecule has 0 saturated heterocycles. The number of benzene rings is 1. The molecule has 0 aliphatic rings. The van der Waals surface area contributed by atoms with Crippen LogP contribution >= 0.6 is 11.6 Å². The third-order valence-corrected chi connectivity index (χ3v) is 2.82. The van der Waals surface area contributed by atoms with E-state index in [2.05, 4.69) is 17.2 Å². The summed E-state index contributed by atoms with van der Waals surface area (Å²) in [7, 11) is 0. The molecule has 2 rings (SSSR count). The molecule has 0 radical (unpaired) electrons. The molecule has 0 fully saturated rings. The second kappa shape index (κ2) is 5.65. The van der Waals surface area contributed by atoms with Crippen LogP contribution < -0.4 is 5.32 Å². The first kappa shape index (κ1) is 12.6. The van der Waals surface area contributed by atoms with Crippen molar-refractivity contribution in [2.24, 2.45) is 0 Å². The van der Waals surface area contributed by atoms with Crippen molar-refractivity contribution in [3.05, 3.63) is 58.9 Å². The number of hydrogen-bond donors (Lipinski definition) is 1. The number of pyridine rings is 1. The third-order valence-electron chi connectivity index (χ3n) is 2.61. The number of aromatic nitrogens is 1. The Kier molecular flexibility index (Phi) is 3.95. The van der Waals surface area contributed by atoms with Gasteiger partial charge in [-0.05, 0) is 36.2 Å². The lowest BCUT2D eigenvalue weighted by molar-refractivity contribution is 0.102. The SMILES string of the molecule is CCc1ccc(C(=O)Nc2ccnc(Cl)c2)cc1. The van der Waals surface area contributed by atoms with Gasteiger partial charge in [-0.2, -0.15) is 0 Å². The zero-order valence-electron chi connectivity index (χ0n) is 9.98. The van der Waals surface area contributed by atoms with Gasteiger partial charge < -0.3 is 5.32 Å². The van der Waals surface area contributed by atoms with E-state index in [1.807, 2.05) is 24.3 Å². The van der Waals surface area contributed by atoms with Crippen LogP contribution in [0.4, 0.5) is 5.69 Å². The molecule has 2 aromatic rings. The number of nitrogens with zero attached hydrogens (tertiary/aromatic N) is 1. The van der Waals surface area contributed by atoms with E-state index in [0.717, 1.165) is 6.42 Å². The van der Waals surface area contributed by atoms with Gasteiger partial charge >= 0.3 is 0 Å². The highest BCUT2D eigenvalue weighted by atomic mass is 35.5. The van der Waals surface area contributed by atoms with E-state index < -0.39 is 0 Å². The number of anilines is 1. The van der Waals surface area contributed by atoms with E-state index in [1.165, 1.54) is 5.56 Å². The number of amides is 1.